The molecule has 21 heavy (non-hydrogen) atoms. The highest BCUT2D eigenvalue weighted by atomic mass is 79.9. The largest absolute Gasteiger partial charge is 0.465 e. The van der Waals surface area contributed by atoms with Gasteiger partial charge in [0, 0.05) is 10.9 Å². The molecule has 4 nitrogen and oxygen atoms in total. The monoisotopic (exact) mass is 380 g/mol. The molecule has 0 saturated heterocycles. The molecule has 9 heteroatoms. The van der Waals surface area contributed by atoms with E-state index in [0.29, 0.717) is 11.3 Å². The van der Waals surface area contributed by atoms with Crippen molar-refractivity contribution in [3.63, 3.8) is 0 Å². The molecule has 0 spiro atoms. The number of rotatable bonds is 3. The normalized spacial score (nSPS) is 11.4. The summed E-state index contributed by atoms with van der Waals surface area (Å²) in [5, 5.41) is 10.00. The molecular formula is C12H8BrF3N2O2S. The molecule has 0 bridgehead atoms. The summed E-state index contributed by atoms with van der Waals surface area (Å²) >= 11 is 3.94. The van der Waals surface area contributed by atoms with Gasteiger partial charge < -0.3 is 5.11 Å². The van der Waals surface area contributed by atoms with E-state index in [1.54, 1.807) is 29.6 Å². The summed E-state index contributed by atoms with van der Waals surface area (Å²) in [4.78, 5) is 14.1. The SMILES string of the molecule is O=C(O)Nc1sc(Cc2ccc(Br)cc2)nc1C(F)(F)F. The Hall–Kier alpha value is -1.61. The molecule has 2 rings (SSSR count). The van der Waals surface area contributed by atoms with Gasteiger partial charge in [-0.1, -0.05) is 28.1 Å². The van der Waals surface area contributed by atoms with Crippen molar-refractivity contribution in [2.24, 2.45) is 0 Å². The van der Waals surface area contributed by atoms with Gasteiger partial charge in [-0.05, 0) is 17.7 Å². The van der Waals surface area contributed by atoms with Crippen LogP contribution in [0, 0.1) is 0 Å². The highest BCUT2D eigenvalue weighted by molar-refractivity contribution is 9.10. The number of hydrogen-bond donors (Lipinski definition) is 2. The van der Waals surface area contributed by atoms with E-state index in [9.17, 15) is 18.0 Å². The second-order valence-electron chi connectivity index (χ2n) is 4.02. The number of amides is 1. The molecule has 112 valence electrons. The van der Waals surface area contributed by atoms with E-state index in [4.69, 9.17) is 5.11 Å². The molecule has 0 aliphatic heterocycles. The fourth-order valence-electron chi connectivity index (χ4n) is 1.59. The predicted molar refractivity (Wildman–Crippen MR) is 75.7 cm³/mol. The van der Waals surface area contributed by atoms with Crippen molar-refractivity contribution in [1.82, 2.24) is 4.98 Å². The molecule has 1 heterocycles. The molecule has 0 aliphatic rings. The molecular weight excluding hydrogens is 373 g/mol. The highest BCUT2D eigenvalue weighted by Crippen LogP contribution is 2.38. The van der Waals surface area contributed by atoms with Crippen LogP contribution in [0.4, 0.5) is 23.0 Å². The Morgan fingerprint density at radius 1 is 1.33 bits per heavy atom. The summed E-state index contributed by atoms with van der Waals surface area (Å²) in [6.07, 6.45) is -6.06. The zero-order valence-corrected chi connectivity index (χ0v) is 12.6. The molecule has 0 fully saturated rings. The molecule has 1 aromatic carbocycles. The first-order valence-corrected chi connectivity index (χ1v) is 7.18. The second kappa shape index (κ2) is 6.02. The lowest BCUT2D eigenvalue weighted by Crippen LogP contribution is -2.13. The van der Waals surface area contributed by atoms with Crippen molar-refractivity contribution in [1.29, 1.82) is 0 Å². The van der Waals surface area contributed by atoms with E-state index in [-0.39, 0.29) is 11.4 Å². The summed E-state index contributed by atoms with van der Waals surface area (Å²) < 4.78 is 39.3. The van der Waals surface area contributed by atoms with Crippen LogP contribution in [0.3, 0.4) is 0 Å². The zero-order chi connectivity index (χ0) is 15.6. The van der Waals surface area contributed by atoms with E-state index < -0.39 is 23.0 Å². The third-order valence-electron chi connectivity index (χ3n) is 2.43. The van der Waals surface area contributed by atoms with Crippen molar-refractivity contribution in [2.75, 3.05) is 5.32 Å². The standard InChI is InChI=1S/C12H8BrF3N2O2S/c13-7-3-1-6(2-4-7)5-8-17-9(12(14,15)16)10(21-8)18-11(19)20/h1-4,18H,5H2,(H,19,20). The number of aromatic nitrogens is 1. The number of halogens is 4. The van der Waals surface area contributed by atoms with Crippen LogP contribution in [-0.4, -0.2) is 16.2 Å². The van der Waals surface area contributed by atoms with Crippen molar-refractivity contribution < 1.29 is 23.1 Å². The van der Waals surface area contributed by atoms with Gasteiger partial charge in [0.1, 0.15) is 5.00 Å². The van der Waals surface area contributed by atoms with E-state index in [2.05, 4.69) is 20.9 Å². The van der Waals surface area contributed by atoms with Gasteiger partial charge in [0.25, 0.3) is 0 Å². The maximum Gasteiger partial charge on any atom is 0.436 e. The number of benzene rings is 1. The van der Waals surface area contributed by atoms with Gasteiger partial charge in [-0.2, -0.15) is 13.2 Å². The van der Waals surface area contributed by atoms with Crippen LogP contribution < -0.4 is 5.32 Å². The predicted octanol–water partition coefficient (Wildman–Crippen LogP) is 4.61. The lowest BCUT2D eigenvalue weighted by molar-refractivity contribution is -0.140. The van der Waals surface area contributed by atoms with Gasteiger partial charge in [0.05, 0.1) is 5.01 Å². The molecule has 2 aromatic rings. The molecule has 0 unspecified atom stereocenters. The lowest BCUT2D eigenvalue weighted by atomic mass is 10.2. The average molecular weight is 381 g/mol. The van der Waals surface area contributed by atoms with Gasteiger partial charge in [-0.15, -0.1) is 11.3 Å². The van der Waals surface area contributed by atoms with Gasteiger partial charge in [0.15, 0.2) is 5.69 Å². The van der Waals surface area contributed by atoms with Gasteiger partial charge in [-0.25, -0.2) is 9.78 Å². The Labute approximate surface area is 129 Å². The fraction of sp³-hybridized carbons (Fsp3) is 0.167. The Morgan fingerprint density at radius 2 is 1.95 bits per heavy atom. The molecule has 0 saturated carbocycles. The first kappa shape index (κ1) is 15.8. The smallest absolute Gasteiger partial charge is 0.436 e. The van der Waals surface area contributed by atoms with Crippen LogP contribution in [0.15, 0.2) is 28.7 Å². The van der Waals surface area contributed by atoms with Crippen molar-refractivity contribution in [3.05, 3.63) is 45.0 Å². The Kier molecular flexibility index (Phi) is 4.52. The first-order valence-electron chi connectivity index (χ1n) is 5.57. The Balaban J connectivity index is 2.30. The maximum atomic E-state index is 12.8. The summed E-state index contributed by atoms with van der Waals surface area (Å²) in [7, 11) is 0. The number of carbonyl (C=O) groups is 1. The van der Waals surface area contributed by atoms with E-state index in [1.165, 1.54) is 0 Å². The number of alkyl halides is 3. The van der Waals surface area contributed by atoms with Crippen LogP contribution in [0.2, 0.25) is 0 Å². The second-order valence-corrected chi connectivity index (χ2v) is 6.02. The quantitative estimate of drug-likeness (QED) is 0.817. The van der Waals surface area contributed by atoms with Crippen LogP contribution in [-0.2, 0) is 12.6 Å². The van der Waals surface area contributed by atoms with Gasteiger partial charge >= 0.3 is 12.3 Å². The van der Waals surface area contributed by atoms with Crippen molar-refractivity contribution >= 4 is 38.4 Å². The van der Waals surface area contributed by atoms with E-state index in [0.717, 1.165) is 10.0 Å². The maximum absolute atomic E-state index is 12.8. The average Bonchev–Trinajstić information content (AvgIpc) is 2.74. The fourth-order valence-corrected chi connectivity index (χ4v) is 2.86. The van der Waals surface area contributed by atoms with Crippen molar-refractivity contribution in [2.45, 2.75) is 12.6 Å². The Morgan fingerprint density at radius 3 is 2.48 bits per heavy atom. The van der Waals surface area contributed by atoms with Crippen LogP contribution >= 0.6 is 27.3 Å². The van der Waals surface area contributed by atoms with Crippen LogP contribution in [0.1, 0.15) is 16.3 Å². The third-order valence-corrected chi connectivity index (χ3v) is 3.93. The molecule has 0 aliphatic carbocycles. The van der Waals surface area contributed by atoms with E-state index in [1.807, 2.05) is 0 Å². The zero-order valence-electron chi connectivity index (χ0n) is 10.2. The molecule has 1 aromatic heterocycles. The lowest BCUT2D eigenvalue weighted by Gasteiger charge is -2.04. The number of nitrogens with one attached hydrogen (secondary N) is 1. The number of thiazole rings is 1. The summed E-state index contributed by atoms with van der Waals surface area (Å²) in [6.45, 7) is 0. The van der Waals surface area contributed by atoms with Gasteiger partial charge in [-0.3, -0.25) is 5.32 Å². The first-order chi connectivity index (χ1) is 9.75. The number of carboxylic acid groups (broad SMARTS) is 1. The summed E-state index contributed by atoms with van der Waals surface area (Å²) in [5.41, 5.74) is -0.426. The summed E-state index contributed by atoms with van der Waals surface area (Å²) in [5.74, 6) is 0. The van der Waals surface area contributed by atoms with Gasteiger partial charge in [0.2, 0.25) is 0 Å². The van der Waals surface area contributed by atoms with E-state index >= 15 is 0 Å². The third kappa shape index (κ3) is 4.18. The van der Waals surface area contributed by atoms with Crippen molar-refractivity contribution in [3.8, 4) is 0 Å². The molecule has 0 atom stereocenters. The molecule has 2 N–H and O–H groups in total. The minimum absolute atomic E-state index is 0.188. The number of nitrogens with zero attached hydrogens (tertiary/aromatic N) is 1. The number of hydrogen-bond acceptors (Lipinski definition) is 3. The minimum atomic E-state index is -4.70. The summed E-state index contributed by atoms with van der Waals surface area (Å²) in [6, 6.07) is 7.04. The van der Waals surface area contributed by atoms with Crippen LogP contribution in [0.25, 0.3) is 0 Å². The Bertz CT molecular complexity index is 656. The highest BCUT2D eigenvalue weighted by Gasteiger charge is 2.38. The van der Waals surface area contributed by atoms with Crippen LogP contribution in [0.5, 0.6) is 0 Å². The molecule has 1 amide bonds. The topological polar surface area (TPSA) is 62.2 Å². The number of anilines is 1. The minimum Gasteiger partial charge on any atom is -0.465 e. The molecule has 0 radical (unpaired) electrons.